The Morgan fingerprint density at radius 1 is 1.32 bits per heavy atom. The lowest BCUT2D eigenvalue weighted by Gasteiger charge is -2.39. The van der Waals surface area contributed by atoms with E-state index in [9.17, 15) is 0 Å². The van der Waals surface area contributed by atoms with Crippen LogP contribution in [0.5, 0.6) is 0 Å². The van der Waals surface area contributed by atoms with E-state index in [2.05, 4.69) is 58.2 Å². The fourth-order valence-corrected chi connectivity index (χ4v) is 3.13. The highest BCUT2D eigenvalue weighted by Gasteiger charge is 2.30. The molecule has 1 aliphatic rings. The molecule has 0 radical (unpaired) electrons. The topological polar surface area (TPSA) is 26.0 Å². The van der Waals surface area contributed by atoms with Crippen LogP contribution in [0.3, 0.4) is 0 Å². The maximum absolute atomic E-state index is 4.46. The van der Waals surface area contributed by atoms with Gasteiger partial charge in [0.25, 0.3) is 0 Å². The number of imidazole rings is 1. The second-order valence-corrected chi connectivity index (χ2v) is 5.74. The Kier molecular flexibility index (Phi) is 3.19. The van der Waals surface area contributed by atoms with Crippen LogP contribution in [0.15, 0.2) is 30.7 Å². The molecule has 0 saturated heterocycles. The Labute approximate surface area is 114 Å². The lowest BCUT2D eigenvalue weighted by atomic mass is 9.97. The van der Waals surface area contributed by atoms with E-state index >= 15 is 0 Å². The normalized spacial score (nSPS) is 19.9. The highest BCUT2D eigenvalue weighted by Crippen LogP contribution is 2.33. The van der Waals surface area contributed by atoms with Crippen molar-refractivity contribution in [1.82, 2.24) is 19.0 Å². The molecule has 0 saturated carbocycles. The average molecular weight is 258 g/mol. The summed E-state index contributed by atoms with van der Waals surface area (Å²) in [7, 11) is 2.07. The van der Waals surface area contributed by atoms with Crippen molar-refractivity contribution in [3.8, 4) is 0 Å². The molecule has 3 heterocycles. The van der Waals surface area contributed by atoms with Gasteiger partial charge < -0.3 is 9.13 Å². The Bertz CT molecular complexity index is 552. The van der Waals surface area contributed by atoms with Crippen LogP contribution in [0, 0.1) is 5.92 Å². The van der Waals surface area contributed by atoms with E-state index in [0.717, 1.165) is 25.5 Å². The fourth-order valence-electron chi connectivity index (χ4n) is 3.13. The van der Waals surface area contributed by atoms with Crippen molar-refractivity contribution in [3.63, 3.8) is 0 Å². The zero-order valence-electron chi connectivity index (χ0n) is 12.0. The zero-order valence-corrected chi connectivity index (χ0v) is 12.0. The van der Waals surface area contributed by atoms with Crippen molar-refractivity contribution in [3.05, 3.63) is 42.2 Å². The molecular formula is C15H22N4. The minimum atomic E-state index is 0.487. The first-order chi connectivity index (χ1) is 9.16. The van der Waals surface area contributed by atoms with Gasteiger partial charge in [-0.15, -0.1) is 0 Å². The smallest absolute Gasteiger partial charge is 0.122 e. The van der Waals surface area contributed by atoms with Crippen LogP contribution in [0.4, 0.5) is 0 Å². The number of rotatable bonds is 3. The molecule has 102 valence electrons. The molecule has 0 aliphatic carbocycles. The van der Waals surface area contributed by atoms with Gasteiger partial charge >= 0.3 is 0 Å². The van der Waals surface area contributed by atoms with Gasteiger partial charge in [0.15, 0.2) is 0 Å². The number of fused-ring (bicyclic) bond motifs is 1. The fraction of sp³-hybridized carbons (Fsp3) is 0.533. The third-order valence-corrected chi connectivity index (χ3v) is 4.09. The van der Waals surface area contributed by atoms with Crippen LogP contribution < -0.4 is 0 Å². The molecular weight excluding hydrogens is 236 g/mol. The summed E-state index contributed by atoms with van der Waals surface area (Å²) in [4.78, 5) is 7.02. The van der Waals surface area contributed by atoms with E-state index in [1.54, 1.807) is 0 Å². The zero-order chi connectivity index (χ0) is 13.4. The molecule has 1 aliphatic heterocycles. The van der Waals surface area contributed by atoms with Crippen LogP contribution in [0.2, 0.25) is 0 Å². The predicted molar refractivity (Wildman–Crippen MR) is 75.6 cm³/mol. The van der Waals surface area contributed by atoms with E-state index in [0.29, 0.717) is 12.0 Å². The molecule has 2 aromatic rings. The standard InChI is InChI=1S/C15H22N4/c1-12(2)15-13-5-4-7-18(13)9-10-19(15)11-14-16-6-8-17(14)3/h4-8,12,15H,9-11H2,1-3H3/t15-/m0/s1. The highest BCUT2D eigenvalue weighted by atomic mass is 15.3. The molecule has 0 fully saturated rings. The second kappa shape index (κ2) is 4.85. The first kappa shape index (κ1) is 12.5. The predicted octanol–water partition coefficient (Wildman–Crippen LogP) is 2.43. The lowest BCUT2D eigenvalue weighted by Crippen LogP contribution is -2.40. The SMILES string of the molecule is CC(C)[C@H]1c2cccn2CCN1Cc1nccn1C. The van der Waals surface area contributed by atoms with E-state index < -0.39 is 0 Å². The molecule has 0 aromatic carbocycles. The average Bonchev–Trinajstić information content (AvgIpc) is 2.98. The summed E-state index contributed by atoms with van der Waals surface area (Å²) in [6, 6.07) is 4.91. The number of hydrogen-bond acceptors (Lipinski definition) is 2. The maximum atomic E-state index is 4.46. The Hall–Kier alpha value is -1.55. The van der Waals surface area contributed by atoms with Crippen molar-refractivity contribution in [1.29, 1.82) is 0 Å². The van der Waals surface area contributed by atoms with Gasteiger partial charge in [-0.2, -0.15) is 0 Å². The van der Waals surface area contributed by atoms with Crippen LogP contribution in [-0.2, 0) is 20.1 Å². The van der Waals surface area contributed by atoms with Crippen LogP contribution >= 0.6 is 0 Å². The second-order valence-electron chi connectivity index (χ2n) is 5.74. The number of nitrogens with zero attached hydrogens (tertiary/aromatic N) is 4. The van der Waals surface area contributed by atoms with E-state index in [1.165, 1.54) is 5.69 Å². The summed E-state index contributed by atoms with van der Waals surface area (Å²) < 4.78 is 4.50. The summed E-state index contributed by atoms with van der Waals surface area (Å²) in [6.07, 6.45) is 6.10. The molecule has 2 aromatic heterocycles. The van der Waals surface area contributed by atoms with Gasteiger partial charge in [-0.05, 0) is 18.1 Å². The van der Waals surface area contributed by atoms with Gasteiger partial charge in [-0.1, -0.05) is 13.8 Å². The third-order valence-electron chi connectivity index (χ3n) is 4.09. The van der Waals surface area contributed by atoms with Gasteiger partial charge in [0.2, 0.25) is 0 Å². The van der Waals surface area contributed by atoms with Crippen molar-refractivity contribution < 1.29 is 0 Å². The number of aryl methyl sites for hydroxylation is 1. The van der Waals surface area contributed by atoms with Gasteiger partial charge in [0.1, 0.15) is 5.82 Å². The first-order valence-corrected chi connectivity index (χ1v) is 7.02. The molecule has 0 bridgehead atoms. The van der Waals surface area contributed by atoms with Gasteiger partial charge in [0.05, 0.1) is 12.6 Å². The molecule has 0 amide bonds. The maximum Gasteiger partial charge on any atom is 0.122 e. The molecule has 0 unspecified atom stereocenters. The Balaban J connectivity index is 1.88. The van der Waals surface area contributed by atoms with Crippen molar-refractivity contribution in [2.75, 3.05) is 6.54 Å². The Morgan fingerprint density at radius 3 is 2.84 bits per heavy atom. The summed E-state index contributed by atoms with van der Waals surface area (Å²) in [5.41, 5.74) is 1.44. The van der Waals surface area contributed by atoms with Gasteiger partial charge in [-0.3, -0.25) is 4.90 Å². The van der Waals surface area contributed by atoms with Crippen molar-refractivity contribution in [2.24, 2.45) is 13.0 Å². The molecule has 4 nitrogen and oxygen atoms in total. The molecule has 1 atom stereocenters. The number of hydrogen-bond donors (Lipinski definition) is 0. The molecule has 19 heavy (non-hydrogen) atoms. The van der Waals surface area contributed by atoms with Gasteiger partial charge in [-0.25, -0.2) is 4.98 Å². The molecule has 0 N–H and O–H groups in total. The van der Waals surface area contributed by atoms with Crippen LogP contribution in [0.25, 0.3) is 0 Å². The highest BCUT2D eigenvalue weighted by molar-refractivity contribution is 5.15. The lowest BCUT2D eigenvalue weighted by molar-refractivity contribution is 0.108. The third kappa shape index (κ3) is 2.21. The Morgan fingerprint density at radius 2 is 2.16 bits per heavy atom. The van der Waals surface area contributed by atoms with E-state index in [1.807, 2.05) is 12.4 Å². The minimum Gasteiger partial charge on any atom is -0.349 e. The summed E-state index contributed by atoms with van der Waals surface area (Å²) in [6.45, 7) is 7.71. The first-order valence-electron chi connectivity index (χ1n) is 7.02. The molecule has 4 heteroatoms. The van der Waals surface area contributed by atoms with Crippen molar-refractivity contribution in [2.45, 2.75) is 33.0 Å². The van der Waals surface area contributed by atoms with Gasteiger partial charge in [0, 0.05) is 44.4 Å². The van der Waals surface area contributed by atoms with Crippen molar-refractivity contribution >= 4 is 0 Å². The summed E-state index contributed by atoms with van der Waals surface area (Å²) >= 11 is 0. The van der Waals surface area contributed by atoms with E-state index in [-0.39, 0.29) is 0 Å². The summed E-state index contributed by atoms with van der Waals surface area (Å²) in [5, 5.41) is 0. The minimum absolute atomic E-state index is 0.487. The molecule has 3 rings (SSSR count). The molecule has 0 spiro atoms. The van der Waals surface area contributed by atoms with Crippen LogP contribution in [0.1, 0.15) is 31.4 Å². The largest absolute Gasteiger partial charge is 0.349 e. The quantitative estimate of drug-likeness (QED) is 0.845. The monoisotopic (exact) mass is 258 g/mol. The summed E-state index contributed by atoms with van der Waals surface area (Å²) in [5.74, 6) is 1.75. The van der Waals surface area contributed by atoms with E-state index in [4.69, 9.17) is 0 Å². The number of aromatic nitrogens is 3. The van der Waals surface area contributed by atoms with Crippen LogP contribution in [-0.4, -0.2) is 25.6 Å².